The van der Waals surface area contributed by atoms with Gasteiger partial charge in [-0.3, -0.25) is 0 Å². The second-order valence-corrected chi connectivity index (χ2v) is 5.23. The molecule has 0 bridgehead atoms. The number of thioether (sulfide) groups is 1. The molecule has 2 nitrogen and oxygen atoms in total. The lowest BCUT2D eigenvalue weighted by Crippen LogP contribution is -1.97. The Morgan fingerprint density at radius 2 is 1.83 bits per heavy atom. The predicted octanol–water partition coefficient (Wildman–Crippen LogP) is 4.06. The van der Waals surface area contributed by atoms with Crippen LogP contribution in [0.5, 0.6) is 5.75 Å². The van der Waals surface area contributed by atoms with Crippen molar-refractivity contribution in [1.29, 1.82) is 0 Å². The first-order valence-corrected chi connectivity index (χ1v) is 7.22. The summed E-state index contributed by atoms with van der Waals surface area (Å²) in [6.07, 6.45) is 1.06. The Kier molecular flexibility index (Phi) is 4.90. The lowest BCUT2D eigenvalue weighted by atomic mass is 10.1. The van der Waals surface area contributed by atoms with Gasteiger partial charge >= 0.3 is 0 Å². The Labute approximate surface area is 112 Å². The molecule has 0 saturated heterocycles. The molecular weight excluding hydrogens is 244 g/mol. The van der Waals surface area contributed by atoms with Crippen molar-refractivity contribution < 1.29 is 9.84 Å². The second-order valence-electron chi connectivity index (χ2n) is 4.09. The van der Waals surface area contributed by atoms with E-state index in [4.69, 9.17) is 4.74 Å². The van der Waals surface area contributed by atoms with E-state index in [9.17, 15) is 5.11 Å². The molecule has 0 radical (unpaired) electrons. The van der Waals surface area contributed by atoms with Crippen molar-refractivity contribution in [3.63, 3.8) is 0 Å². The number of hydrogen-bond donors (Lipinski definition) is 1. The largest absolute Gasteiger partial charge is 0.507 e. The molecule has 3 heteroatoms. The van der Waals surface area contributed by atoms with Crippen molar-refractivity contribution in [2.75, 3.05) is 19.0 Å². The van der Waals surface area contributed by atoms with E-state index >= 15 is 0 Å². The van der Waals surface area contributed by atoms with Gasteiger partial charge in [-0.1, -0.05) is 31.2 Å². The Hall–Kier alpha value is -1.19. The smallest absolute Gasteiger partial charge is 0.123 e. The first kappa shape index (κ1) is 13.2. The van der Waals surface area contributed by atoms with E-state index in [1.807, 2.05) is 30.3 Å². The molecule has 0 spiro atoms. The fourth-order valence-corrected chi connectivity index (χ4v) is 2.76. The molecule has 96 valence electrons. The normalized spacial score (nSPS) is 10.9. The van der Waals surface area contributed by atoms with E-state index in [1.165, 1.54) is 4.90 Å². The summed E-state index contributed by atoms with van der Waals surface area (Å²) in [6.45, 7) is 3.71. The van der Waals surface area contributed by atoms with E-state index in [1.54, 1.807) is 17.8 Å². The average molecular weight is 262 g/mol. The van der Waals surface area contributed by atoms with Crippen LogP contribution in [0.1, 0.15) is 13.3 Å². The number of phenolic OH excluding ortho intramolecular Hbond substituents is 1. The van der Waals surface area contributed by atoms with Crippen LogP contribution in [0, 0.1) is 0 Å². The standard InChI is InChI=1S/C15H18O2S/c1-2-9-17-10-11-18-15-8-7-14(16)12-5-3-4-6-13(12)15/h3-8,16H,2,9-11H2,1H3. The molecule has 2 aromatic carbocycles. The van der Waals surface area contributed by atoms with E-state index in [-0.39, 0.29) is 0 Å². The van der Waals surface area contributed by atoms with Crippen LogP contribution < -0.4 is 0 Å². The van der Waals surface area contributed by atoms with Crippen molar-refractivity contribution >= 4 is 22.5 Å². The molecule has 0 aromatic heterocycles. The van der Waals surface area contributed by atoms with Gasteiger partial charge in [0, 0.05) is 22.6 Å². The topological polar surface area (TPSA) is 29.5 Å². The monoisotopic (exact) mass is 262 g/mol. The molecule has 0 atom stereocenters. The fraction of sp³-hybridized carbons (Fsp3) is 0.333. The van der Waals surface area contributed by atoms with Crippen molar-refractivity contribution in [2.45, 2.75) is 18.2 Å². The third-order valence-corrected chi connectivity index (χ3v) is 3.73. The molecule has 0 aliphatic rings. The summed E-state index contributed by atoms with van der Waals surface area (Å²) in [7, 11) is 0. The summed E-state index contributed by atoms with van der Waals surface area (Å²) >= 11 is 1.77. The zero-order valence-corrected chi connectivity index (χ0v) is 11.4. The molecule has 2 rings (SSSR count). The number of aromatic hydroxyl groups is 1. The molecule has 0 aliphatic carbocycles. The van der Waals surface area contributed by atoms with Crippen LogP contribution in [0.25, 0.3) is 10.8 Å². The lowest BCUT2D eigenvalue weighted by molar-refractivity contribution is 0.151. The van der Waals surface area contributed by atoms with Gasteiger partial charge in [-0.2, -0.15) is 0 Å². The predicted molar refractivity (Wildman–Crippen MR) is 77.4 cm³/mol. The summed E-state index contributed by atoms with van der Waals surface area (Å²) in [4.78, 5) is 1.20. The molecular formula is C15H18O2S. The van der Waals surface area contributed by atoms with Gasteiger partial charge in [-0.15, -0.1) is 11.8 Å². The minimum atomic E-state index is 0.345. The van der Waals surface area contributed by atoms with Crippen molar-refractivity contribution in [2.24, 2.45) is 0 Å². The molecule has 0 saturated carbocycles. The zero-order chi connectivity index (χ0) is 12.8. The number of ether oxygens (including phenoxy) is 1. The molecule has 2 aromatic rings. The highest BCUT2D eigenvalue weighted by atomic mass is 32.2. The van der Waals surface area contributed by atoms with Crippen LogP contribution in [-0.2, 0) is 4.74 Å². The number of hydrogen-bond acceptors (Lipinski definition) is 3. The van der Waals surface area contributed by atoms with Crippen LogP contribution in [-0.4, -0.2) is 24.1 Å². The van der Waals surface area contributed by atoms with E-state index < -0.39 is 0 Å². The Morgan fingerprint density at radius 3 is 2.61 bits per heavy atom. The molecule has 0 aliphatic heterocycles. The van der Waals surface area contributed by atoms with E-state index in [0.717, 1.165) is 36.2 Å². The highest BCUT2D eigenvalue weighted by molar-refractivity contribution is 7.99. The van der Waals surface area contributed by atoms with Crippen LogP contribution in [0.3, 0.4) is 0 Å². The molecule has 0 unspecified atom stereocenters. The quantitative estimate of drug-likeness (QED) is 0.628. The lowest BCUT2D eigenvalue weighted by Gasteiger charge is -2.08. The van der Waals surface area contributed by atoms with Crippen molar-refractivity contribution in [3.8, 4) is 5.75 Å². The Balaban J connectivity index is 2.07. The minimum absolute atomic E-state index is 0.345. The first-order chi connectivity index (χ1) is 8.83. The Morgan fingerprint density at radius 1 is 1.06 bits per heavy atom. The number of rotatable bonds is 6. The zero-order valence-electron chi connectivity index (χ0n) is 10.6. The summed E-state index contributed by atoms with van der Waals surface area (Å²) in [6, 6.07) is 11.7. The number of phenols is 1. The third-order valence-electron chi connectivity index (χ3n) is 2.69. The SMILES string of the molecule is CCCOCCSc1ccc(O)c2ccccc12. The molecule has 0 fully saturated rings. The maximum absolute atomic E-state index is 9.80. The molecule has 1 N–H and O–H groups in total. The Bertz CT molecular complexity index is 511. The average Bonchev–Trinajstić information content (AvgIpc) is 2.41. The van der Waals surface area contributed by atoms with Gasteiger partial charge in [-0.05, 0) is 23.9 Å². The van der Waals surface area contributed by atoms with Crippen LogP contribution in [0.4, 0.5) is 0 Å². The van der Waals surface area contributed by atoms with Gasteiger partial charge in [0.1, 0.15) is 5.75 Å². The van der Waals surface area contributed by atoms with Crippen LogP contribution in [0.15, 0.2) is 41.3 Å². The molecule has 0 heterocycles. The van der Waals surface area contributed by atoms with Gasteiger partial charge in [-0.25, -0.2) is 0 Å². The molecule has 0 amide bonds. The van der Waals surface area contributed by atoms with E-state index in [2.05, 4.69) is 6.92 Å². The number of fused-ring (bicyclic) bond motifs is 1. The molecule has 18 heavy (non-hydrogen) atoms. The van der Waals surface area contributed by atoms with Crippen LogP contribution in [0.2, 0.25) is 0 Å². The summed E-state index contributed by atoms with van der Waals surface area (Å²) < 4.78 is 5.47. The summed E-state index contributed by atoms with van der Waals surface area (Å²) in [5, 5.41) is 11.8. The van der Waals surface area contributed by atoms with Crippen molar-refractivity contribution in [1.82, 2.24) is 0 Å². The summed E-state index contributed by atoms with van der Waals surface area (Å²) in [5.41, 5.74) is 0. The van der Waals surface area contributed by atoms with Gasteiger partial charge in [0.2, 0.25) is 0 Å². The number of benzene rings is 2. The first-order valence-electron chi connectivity index (χ1n) is 6.24. The van der Waals surface area contributed by atoms with Crippen LogP contribution >= 0.6 is 11.8 Å². The van der Waals surface area contributed by atoms with Gasteiger partial charge < -0.3 is 9.84 Å². The third kappa shape index (κ3) is 3.18. The highest BCUT2D eigenvalue weighted by Crippen LogP contribution is 2.33. The van der Waals surface area contributed by atoms with Gasteiger partial charge in [0.25, 0.3) is 0 Å². The maximum atomic E-state index is 9.80. The summed E-state index contributed by atoms with van der Waals surface area (Å²) in [5.74, 6) is 1.28. The minimum Gasteiger partial charge on any atom is -0.507 e. The highest BCUT2D eigenvalue weighted by Gasteiger charge is 2.04. The maximum Gasteiger partial charge on any atom is 0.123 e. The fourth-order valence-electron chi connectivity index (χ4n) is 1.84. The second kappa shape index (κ2) is 6.66. The van der Waals surface area contributed by atoms with E-state index in [0.29, 0.717) is 5.75 Å². The van der Waals surface area contributed by atoms with Gasteiger partial charge in [0.15, 0.2) is 0 Å². The van der Waals surface area contributed by atoms with Crippen molar-refractivity contribution in [3.05, 3.63) is 36.4 Å². The van der Waals surface area contributed by atoms with Gasteiger partial charge in [0.05, 0.1) is 6.61 Å².